The van der Waals surface area contributed by atoms with Crippen LogP contribution in [0, 0.1) is 5.92 Å². The molecule has 0 heterocycles. The highest BCUT2D eigenvalue weighted by Gasteiger charge is 2.01. The van der Waals surface area contributed by atoms with Crippen LogP contribution in [0.4, 0.5) is 0 Å². The first-order valence-electron chi connectivity index (χ1n) is 6.90. The van der Waals surface area contributed by atoms with Gasteiger partial charge < -0.3 is 15.4 Å². The van der Waals surface area contributed by atoms with Gasteiger partial charge in [-0.25, -0.2) is 0 Å². The Labute approximate surface area is 121 Å². The minimum atomic E-state index is 0.446. The van der Waals surface area contributed by atoms with Crippen molar-refractivity contribution in [2.75, 3.05) is 26.2 Å². The lowest BCUT2D eigenvalue weighted by molar-refractivity contribution is 0.305. The van der Waals surface area contributed by atoms with Gasteiger partial charge in [-0.05, 0) is 37.6 Å². The average Bonchev–Trinajstić information content (AvgIpc) is 2.34. The summed E-state index contributed by atoms with van der Waals surface area (Å²) in [5.74, 6) is 1.51. The van der Waals surface area contributed by atoms with Crippen LogP contribution in [0.15, 0.2) is 24.3 Å². The summed E-state index contributed by atoms with van der Waals surface area (Å²) in [6, 6.07) is 7.93. The average molecular weight is 285 g/mol. The van der Waals surface area contributed by atoms with Crippen molar-refractivity contribution in [3.8, 4) is 5.75 Å². The lowest BCUT2D eigenvalue weighted by atomic mass is 10.2. The Morgan fingerprint density at radius 2 is 2.00 bits per heavy atom. The highest BCUT2D eigenvalue weighted by Crippen LogP contribution is 2.16. The van der Waals surface area contributed by atoms with Crippen molar-refractivity contribution in [2.24, 2.45) is 5.92 Å². The summed E-state index contributed by atoms with van der Waals surface area (Å²) < 4.78 is 5.61. The van der Waals surface area contributed by atoms with Gasteiger partial charge in [0.25, 0.3) is 0 Å². The zero-order valence-corrected chi connectivity index (χ0v) is 12.8. The van der Waals surface area contributed by atoms with E-state index in [1.165, 1.54) is 0 Å². The van der Waals surface area contributed by atoms with Crippen LogP contribution in [-0.2, 0) is 0 Å². The molecular weight excluding hydrogens is 260 g/mol. The van der Waals surface area contributed by atoms with Crippen molar-refractivity contribution < 1.29 is 4.74 Å². The summed E-state index contributed by atoms with van der Waals surface area (Å²) in [6.07, 6.45) is 0. The van der Waals surface area contributed by atoms with Crippen LogP contribution in [0.2, 0.25) is 5.02 Å². The third-order valence-electron chi connectivity index (χ3n) is 2.66. The molecule has 1 rings (SSSR count). The van der Waals surface area contributed by atoms with Crippen LogP contribution in [-0.4, -0.2) is 32.3 Å². The summed E-state index contributed by atoms with van der Waals surface area (Å²) >= 11 is 5.89. The first kappa shape index (κ1) is 16.3. The molecule has 1 aromatic carbocycles. The summed E-state index contributed by atoms with van der Waals surface area (Å²) in [5, 5.41) is 7.56. The molecule has 0 spiro atoms. The van der Waals surface area contributed by atoms with Crippen molar-refractivity contribution in [1.82, 2.24) is 10.6 Å². The van der Waals surface area contributed by atoms with E-state index in [0.717, 1.165) is 25.4 Å². The van der Waals surface area contributed by atoms with Gasteiger partial charge in [0.1, 0.15) is 12.4 Å². The van der Waals surface area contributed by atoms with Gasteiger partial charge in [0.15, 0.2) is 0 Å². The Morgan fingerprint density at radius 3 is 2.68 bits per heavy atom. The van der Waals surface area contributed by atoms with Gasteiger partial charge >= 0.3 is 0 Å². The first-order valence-corrected chi connectivity index (χ1v) is 7.28. The van der Waals surface area contributed by atoms with Crippen molar-refractivity contribution in [1.29, 1.82) is 0 Å². The number of hydrogen-bond donors (Lipinski definition) is 2. The van der Waals surface area contributed by atoms with E-state index in [9.17, 15) is 0 Å². The van der Waals surface area contributed by atoms with Gasteiger partial charge in [-0.2, -0.15) is 0 Å². The fourth-order valence-corrected chi connectivity index (χ4v) is 1.87. The van der Waals surface area contributed by atoms with Gasteiger partial charge in [-0.3, -0.25) is 0 Å². The molecule has 0 fully saturated rings. The second-order valence-corrected chi connectivity index (χ2v) is 5.65. The second-order valence-electron chi connectivity index (χ2n) is 5.21. The summed E-state index contributed by atoms with van der Waals surface area (Å²) in [4.78, 5) is 0. The molecule has 0 aliphatic carbocycles. The van der Waals surface area contributed by atoms with Crippen LogP contribution >= 0.6 is 11.6 Å². The van der Waals surface area contributed by atoms with Crippen LogP contribution in [0.5, 0.6) is 5.75 Å². The molecule has 1 unspecified atom stereocenters. The van der Waals surface area contributed by atoms with Crippen LogP contribution < -0.4 is 15.4 Å². The Hall–Kier alpha value is -0.770. The van der Waals surface area contributed by atoms with E-state index in [-0.39, 0.29) is 0 Å². The zero-order chi connectivity index (χ0) is 14.1. The quantitative estimate of drug-likeness (QED) is 0.684. The predicted octanol–water partition coefficient (Wildman–Crippen LogP) is 2.94. The van der Waals surface area contributed by atoms with E-state index in [1.807, 2.05) is 24.3 Å². The third kappa shape index (κ3) is 8.09. The van der Waals surface area contributed by atoms with Gasteiger partial charge in [-0.1, -0.05) is 31.5 Å². The van der Waals surface area contributed by atoms with Gasteiger partial charge in [0.05, 0.1) is 0 Å². The van der Waals surface area contributed by atoms with E-state index in [2.05, 4.69) is 31.4 Å². The molecule has 0 saturated heterocycles. The van der Waals surface area contributed by atoms with Crippen molar-refractivity contribution in [3.63, 3.8) is 0 Å². The smallest absolute Gasteiger partial charge is 0.120 e. The molecule has 0 aliphatic rings. The van der Waals surface area contributed by atoms with Crippen LogP contribution in [0.25, 0.3) is 0 Å². The maximum Gasteiger partial charge on any atom is 0.120 e. The number of halogens is 1. The SMILES string of the molecule is CC(C)CNCC(C)NCCOc1cccc(Cl)c1. The van der Waals surface area contributed by atoms with Crippen molar-refractivity contribution >= 4 is 11.6 Å². The molecule has 108 valence electrons. The molecule has 0 bridgehead atoms. The highest BCUT2D eigenvalue weighted by molar-refractivity contribution is 6.30. The van der Waals surface area contributed by atoms with Crippen molar-refractivity contribution in [3.05, 3.63) is 29.3 Å². The topological polar surface area (TPSA) is 33.3 Å². The van der Waals surface area contributed by atoms with E-state index < -0.39 is 0 Å². The molecule has 0 aliphatic heterocycles. The lowest BCUT2D eigenvalue weighted by Crippen LogP contribution is -2.39. The molecule has 0 amide bonds. The first-order chi connectivity index (χ1) is 9.08. The number of nitrogens with one attached hydrogen (secondary N) is 2. The molecule has 3 nitrogen and oxygen atoms in total. The normalized spacial score (nSPS) is 12.7. The van der Waals surface area contributed by atoms with Crippen LogP contribution in [0.3, 0.4) is 0 Å². The number of ether oxygens (including phenoxy) is 1. The molecule has 1 aromatic rings. The zero-order valence-electron chi connectivity index (χ0n) is 12.1. The Kier molecular flexibility index (Phi) is 7.87. The molecule has 19 heavy (non-hydrogen) atoms. The second kappa shape index (κ2) is 9.18. The van der Waals surface area contributed by atoms with E-state index in [0.29, 0.717) is 23.6 Å². The summed E-state index contributed by atoms with van der Waals surface area (Å²) in [6.45, 7) is 10.1. The lowest BCUT2D eigenvalue weighted by Gasteiger charge is -2.16. The third-order valence-corrected chi connectivity index (χ3v) is 2.90. The van der Waals surface area contributed by atoms with E-state index in [1.54, 1.807) is 0 Å². The fraction of sp³-hybridized carbons (Fsp3) is 0.600. The maximum atomic E-state index is 5.89. The minimum Gasteiger partial charge on any atom is -0.492 e. The summed E-state index contributed by atoms with van der Waals surface area (Å²) in [5.41, 5.74) is 0. The summed E-state index contributed by atoms with van der Waals surface area (Å²) in [7, 11) is 0. The maximum absolute atomic E-state index is 5.89. The van der Waals surface area contributed by atoms with Crippen molar-refractivity contribution in [2.45, 2.75) is 26.8 Å². The predicted molar refractivity (Wildman–Crippen MR) is 82.1 cm³/mol. The number of rotatable bonds is 9. The molecule has 0 aromatic heterocycles. The Bertz CT molecular complexity index is 358. The van der Waals surface area contributed by atoms with Gasteiger partial charge in [0, 0.05) is 24.2 Å². The Morgan fingerprint density at radius 1 is 1.21 bits per heavy atom. The largest absolute Gasteiger partial charge is 0.492 e. The minimum absolute atomic E-state index is 0.446. The van der Waals surface area contributed by atoms with E-state index >= 15 is 0 Å². The fourth-order valence-electron chi connectivity index (χ4n) is 1.69. The molecule has 4 heteroatoms. The van der Waals surface area contributed by atoms with E-state index in [4.69, 9.17) is 16.3 Å². The molecule has 1 atom stereocenters. The van der Waals surface area contributed by atoms with Gasteiger partial charge in [0.2, 0.25) is 0 Å². The number of hydrogen-bond acceptors (Lipinski definition) is 3. The molecule has 0 saturated carbocycles. The van der Waals surface area contributed by atoms with Crippen LogP contribution in [0.1, 0.15) is 20.8 Å². The monoisotopic (exact) mass is 284 g/mol. The Balaban J connectivity index is 2.07. The molecule has 0 radical (unpaired) electrons. The number of benzene rings is 1. The molecular formula is C15H25ClN2O. The molecule has 2 N–H and O–H groups in total. The highest BCUT2D eigenvalue weighted by atomic mass is 35.5. The van der Waals surface area contributed by atoms with Gasteiger partial charge in [-0.15, -0.1) is 0 Å². The standard InChI is InChI=1S/C15H25ClN2O/c1-12(2)10-17-11-13(3)18-7-8-19-15-6-4-5-14(16)9-15/h4-6,9,12-13,17-18H,7-8,10-11H2,1-3H3.